The van der Waals surface area contributed by atoms with Crippen molar-refractivity contribution < 1.29 is 17.9 Å². The lowest BCUT2D eigenvalue weighted by Crippen LogP contribution is -2.28. The summed E-state index contributed by atoms with van der Waals surface area (Å²) in [6.45, 7) is 6.22. The molecule has 0 atom stereocenters. The first-order chi connectivity index (χ1) is 13.9. The molecule has 1 saturated heterocycles. The lowest BCUT2D eigenvalue weighted by atomic mass is 10.2. The molecule has 0 unspecified atom stereocenters. The van der Waals surface area contributed by atoms with Crippen LogP contribution in [0.1, 0.15) is 42.6 Å². The van der Waals surface area contributed by atoms with Gasteiger partial charge in [0.05, 0.1) is 11.5 Å². The molecule has 2 aromatic carbocycles. The van der Waals surface area contributed by atoms with E-state index in [1.54, 1.807) is 42.5 Å². The van der Waals surface area contributed by atoms with E-state index in [2.05, 4.69) is 19.2 Å². The Morgan fingerprint density at radius 3 is 2.45 bits per heavy atom. The van der Waals surface area contributed by atoms with Crippen LogP contribution in [0.4, 0.5) is 0 Å². The van der Waals surface area contributed by atoms with Crippen LogP contribution in [0.2, 0.25) is 0 Å². The lowest BCUT2D eigenvalue weighted by Gasteiger charge is -2.15. The second-order valence-corrected chi connectivity index (χ2v) is 9.61. The van der Waals surface area contributed by atoms with Gasteiger partial charge >= 0.3 is 0 Å². The molecule has 3 rings (SSSR count). The fraction of sp³-hybridized carbons (Fsp3) is 0.409. The summed E-state index contributed by atoms with van der Waals surface area (Å²) in [7, 11) is -3.41. The Balaban J connectivity index is 1.58. The van der Waals surface area contributed by atoms with E-state index in [1.807, 2.05) is 6.07 Å². The predicted octanol–water partition coefficient (Wildman–Crippen LogP) is 3.44. The maximum atomic E-state index is 12.6. The van der Waals surface area contributed by atoms with Gasteiger partial charge in [0.15, 0.2) is 0 Å². The van der Waals surface area contributed by atoms with E-state index in [-0.39, 0.29) is 5.91 Å². The highest BCUT2D eigenvalue weighted by atomic mass is 32.2. The second kappa shape index (κ2) is 9.41. The Hall–Kier alpha value is -2.38. The smallest absolute Gasteiger partial charge is 0.251 e. The van der Waals surface area contributed by atoms with Gasteiger partial charge in [0.25, 0.3) is 5.91 Å². The molecular formula is C22H28N2O4S. The summed E-state index contributed by atoms with van der Waals surface area (Å²) in [5.41, 5.74) is 1.37. The highest BCUT2D eigenvalue weighted by Crippen LogP contribution is 2.21. The zero-order chi connectivity index (χ0) is 20.9. The van der Waals surface area contributed by atoms with Crippen molar-refractivity contribution in [1.82, 2.24) is 9.62 Å². The SMILES string of the molecule is CC(C)COc1cccc(C(=O)NCc2ccc(S(=O)(=O)N3CCCC3)cc2)c1. The van der Waals surface area contributed by atoms with Crippen molar-refractivity contribution in [1.29, 1.82) is 0 Å². The van der Waals surface area contributed by atoms with Gasteiger partial charge in [-0.1, -0.05) is 32.0 Å². The molecular weight excluding hydrogens is 388 g/mol. The molecule has 0 radical (unpaired) electrons. The second-order valence-electron chi connectivity index (χ2n) is 7.67. The molecule has 0 saturated carbocycles. The number of nitrogens with one attached hydrogen (secondary N) is 1. The zero-order valence-electron chi connectivity index (χ0n) is 16.9. The summed E-state index contributed by atoms with van der Waals surface area (Å²) in [4.78, 5) is 12.7. The summed E-state index contributed by atoms with van der Waals surface area (Å²) in [5.74, 6) is 0.876. The molecule has 2 aromatic rings. The number of nitrogens with zero attached hydrogens (tertiary/aromatic N) is 1. The van der Waals surface area contributed by atoms with Crippen molar-refractivity contribution in [3.8, 4) is 5.75 Å². The Bertz CT molecular complexity index is 934. The molecule has 6 nitrogen and oxygen atoms in total. The molecule has 1 amide bonds. The minimum atomic E-state index is -3.41. The van der Waals surface area contributed by atoms with Crippen molar-refractivity contribution in [2.24, 2.45) is 5.92 Å². The van der Waals surface area contributed by atoms with Crippen molar-refractivity contribution in [3.63, 3.8) is 0 Å². The molecule has 1 fully saturated rings. The molecule has 7 heteroatoms. The van der Waals surface area contributed by atoms with Gasteiger partial charge in [-0.3, -0.25) is 4.79 Å². The van der Waals surface area contributed by atoms with Crippen LogP contribution in [0.5, 0.6) is 5.75 Å². The van der Waals surface area contributed by atoms with Gasteiger partial charge in [-0.25, -0.2) is 8.42 Å². The van der Waals surface area contributed by atoms with Crippen molar-refractivity contribution in [2.75, 3.05) is 19.7 Å². The van der Waals surface area contributed by atoms with Gasteiger partial charge in [-0.2, -0.15) is 4.31 Å². The predicted molar refractivity (Wildman–Crippen MR) is 112 cm³/mol. The minimum Gasteiger partial charge on any atom is -0.493 e. The van der Waals surface area contributed by atoms with E-state index in [0.717, 1.165) is 18.4 Å². The molecule has 1 aliphatic heterocycles. The number of hydrogen-bond acceptors (Lipinski definition) is 4. The summed E-state index contributed by atoms with van der Waals surface area (Å²) in [6, 6.07) is 13.8. The molecule has 0 bridgehead atoms. The monoisotopic (exact) mass is 416 g/mol. The fourth-order valence-corrected chi connectivity index (χ4v) is 4.65. The van der Waals surface area contributed by atoms with E-state index >= 15 is 0 Å². The summed E-state index contributed by atoms with van der Waals surface area (Å²) < 4.78 is 32.3. The highest BCUT2D eigenvalue weighted by Gasteiger charge is 2.26. The van der Waals surface area contributed by atoms with Gasteiger partial charge in [0.2, 0.25) is 10.0 Å². The Morgan fingerprint density at radius 2 is 1.79 bits per heavy atom. The number of hydrogen-bond donors (Lipinski definition) is 1. The summed E-state index contributed by atoms with van der Waals surface area (Å²) in [5, 5.41) is 2.87. The third-order valence-electron chi connectivity index (χ3n) is 4.76. The molecule has 0 aliphatic carbocycles. The van der Waals surface area contributed by atoms with Crippen LogP contribution in [-0.4, -0.2) is 38.3 Å². The van der Waals surface area contributed by atoms with Gasteiger partial charge in [0, 0.05) is 25.2 Å². The number of ether oxygens (including phenoxy) is 1. The van der Waals surface area contributed by atoms with E-state index in [9.17, 15) is 13.2 Å². The average molecular weight is 417 g/mol. The van der Waals surface area contributed by atoms with Crippen LogP contribution in [-0.2, 0) is 16.6 Å². The number of sulfonamides is 1. The van der Waals surface area contributed by atoms with Gasteiger partial charge in [-0.05, 0) is 54.7 Å². The summed E-state index contributed by atoms with van der Waals surface area (Å²) in [6.07, 6.45) is 1.82. The first-order valence-corrected chi connectivity index (χ1v) is 11.4. The van der Waals surface area contributed by atoms with E-state index in [0.29, 0.717) is 48.4 Å². The van der Waals surface area contributed by atoms with Crippen molar-refractivity contribution in [3.05, 3.63) is 59.7 Å². The zero-order valence-corrected chi connectivity index (χ0v) is 17.7. The average Bonchev–Trinajstić information content (AvgIpc) is 3.27. The Morgan fingerprint density at radius 1 is 1.10 bits per heavy atom. The lowest BCUT2D eigenvalue weighted by molar-refractivity contribution is 0.0950. The van der Waals surface area contributed by atoms with Crippen LogP contribution in [0.3, 0.4) is 0 Å². The van der Waals surface area contributed by atoms with Crippen LogP contribution in [0.25, 0.3) is 0 Å². The number of carbonyl (C=O) groups is 1. The van der Waals surface area contributed by atoms with Crippen LogP contribution in [0.15, 0.2) is 53.4 Å². The minimum absolute atomic E-state index is 0.200. The van der Waals surface area contributed by atoms with Gasteiger partial charge < -0.3 is 10.1 Å². The van der Waals surface area contributed by atoms with Gasteiger partial charge in [-0.15, -0.1) is 0 Å². The molecule has 1 heterocycles. The highest BCUT2D eigenvalue weighted by molar-refractivity contribution is 7.89. The first kappa shape index (κ1) is 21.3. The maximum absolute atomic E-state index is 12.6. The number of carbonyl (C=O) groups excluding carboxylic acids is 1. The van der Waals surface area contributed by atoms with E-state index in [1.165, 1.54) is 4.31 Å². The largest absolute Gasteiger partial charge is 0.493 e. The standard InChI is InChI=1S/C22H28N2O4S/c1-17(2)16-28-20-7-5-6-19(14-20)22(25)23-15-18-8-10-21(11-9-18)29(26,27)24-12-3-4-13-24/h5-11,14,17H,3-4,12-13,15-16H2,1-2H3,(H,23,25). The fourth-order valence-electron chi connectivity index (χ4n) is 3.13. The molecule has 0 aromatic heterocycles. The molecule has 1 aliphatic rings. The topological polar surface area (TPSA) is 75.7 Å². The third-order valence-corrected chi connectivity index (χ3v) is 6.67. The third kappa shape index (κ3) is 5.58. The van der Waals surface area contributed by atoms with Crippen LogP contribution < -0.4 is 10.1 Å². The molecule has 156 valence electrons. The molecule has 29 heavy (non-hydrogen) atoms. The Labute approximate surface area is 172 Å². The molecule has 0 spiro atoms. The number of amides is 1. The van der Waals surface area contributed by atoms with Crippen molar-refractivity contribution >= 4 is 15.9 Å². The van der Waals surface area contributed by atoms with Crippen molar-refractivity contribution in [2.45, 2.75) is 38.1 Å². The number of benzene rings is 2. The molecule has 1 N–H and O–H groups in total. The normalized spacial score (nSPS) is 14.9. The maximum Gasteiger partial charge on any atom is 0.251 e. The van der Waals surface area contributed by atoms with E-state index < -0.39 is 10.0 Å². The van der Waals surface area contributed by atoms with E-state index in [4.69, 9.17) is 4.74 Å². The van der Waals surface area contributed by atoms with Gasteiger partial charge in [0.1, 0.15) is 5.75 Å². The first-order valence-electron chi connectivity index (χ1n) is 9.96. The quantitative estimate of drug-likeness (QED) is 0.715. The Kier molecular flexibility index (Phi) is 6.92. The summed E-state index contributed by atoms with van der Waals surface area (Å²) >= 11 is 0. The number of rotatable bonds is 8. The van der Waals surface area contributed by atoms with Crippen LogP contribution in [0, 0.1) is 5.92 Å². The van der Waals surface area contributed by atoms with Crippen LogP contribution >= 0.6 is 0 Å².